The van der Waals surface area contributed by atoms with Gasteiger partial charge in [0.25, 0.3) is 11.6 Å². The molecule has 152 valence electrons. The molecule has 0 bridgehead atoms. The molecule has 0 unspecified atom stereocenters. The van der Waals surface area contributed by atoms with E-state index in [1.807, 2.05) is 29.2 Å². The Morgan fingerprint density at radius 1 is 1.10 bits per heavy atom. The quantitative estimate of drug-likeness (QED) is 0.391. The summed E-state index contributed by atoms with van der Waals surface area (Å²) in [7, 11) is 0. The number of piperidine rings is 1. The number of likely N-dealkylation sites (tertiary alicyclic amines) is 1. The van der Waals surface area contributed by atoms with Gasteiger partial charge in [-0.1, -0.05) is 18.2 Å². The second-order valence-corrected chi connectivity index (χ2v) is 7.14. The maximum absolute atomic E-state index is 13.1. The lowest BCUT2D eigenvalue weighted by Gasteiger charge is -2.27. The molecule has 1 aliphatic rings. The molecule has 1 aliphatic heterocycles. The number of nitro benzene ring substituents is 1. The summed E-state index contributed by atoms with van der Waals surface area (Å²) in [6.07, 6.45) is 4.76. The molecule has 2 aromatic carbocycles. The fourth-order valence-corrected chi connectivity index (χ4v) is 3.53. The molecule has 0 spiro atoms. The van der Waals surface area contributed by atoms with Crippen molar-refractivity contribution in [3.63, 3.8) is 0 Å². The van der Waals surface area contributed by atoms with Crippen molar-refractivity contribution in [3.8, 4) is 0 Å². The number of rotatable bonds is 5. The molecule has 3 aromatic rings. The van der Waals surface area contributed by atoms with Gasteiger partial charge in [0.15, 0.2) is 0 Å². The van der Waals surface area contributed by atoms with E-state index in [9.17, 15) is 14.9 Å². The molecule has 4 rings (SSSR count). The van der Waals surface area contributed by atoms with Crippen molar-refractivity contribution in [1.29, 1.82) is 0 Å². The summed E-state index contributed by atoms with van der Waals surface area (Å²) in [6, 6.07) is 15.4. The van der Waals surface area contributed by atoms with E-state index in [1.54, 1.807) is 24.4 Å². The Balaban J connectivity index is 1.58. The lowest BCUT2D eigenvalue weighted by atomic mass is 10.1. The van der Waals surface area contributed by atoms with Gasteiger partial charge in [0.2, 0.25) is 0 Å². The first-order valence-corrected chi connectivity index (χ1v) is 9.84. The topological polar surface area (TPSA) is 101 Å². The van der Waals surface area contributed by atoms with Gasteiger partial charge in [-0.05, 0) is 49.1 Å². The molecule has 0 saturated carbocycles. The lowest BCUT2D eigenvalue weighted by molar-refractivity contribution is -0.384. The Morgan fingerprint density at radius 2 is 1.83 bits per heavy atom. The third-order valence-corrected chi connectivity index (χ3v) is 5.09. The van der Waals surface area contributed by atoms with Crippen molar-refractivity contribution in [1.82, 2.24) is 9.88 Å². The van der Waals surface area contributed by atoms with Crippen LogP contribution >= 0.6 is 0 Å². The third kappa shape index (κ3) is 4.27. The van der Waals surface area contributed by atoms with E-state index < -0.39 is 4.92 Å². The number of hydrazone groups is 1. The van der Waals surface area contributed by atoms with E-state index in [-0.39, 0.29) is 11.6 Å². The van der Waals surface area contributed by atoms with Crippen LogP contribution in [0.2, 0.25) is 0 Å². The van der Waals surface area contributed by atoms with Gasteiger partial charge in [-0.3, -0.25) is 20.3 Å². The maximum atomic E-state index is 13.1. The Hall–Kier alpha value is -3.81. The normalized spacial score (nSPS) is 14.2. The zero-order chi connectivity index (χ0) is 20.9. The number of non-ortho nitro benzene ring substituents is 1. The van der Waals surface area contributed by atoms with Gasteiger partial charge in [-0.25, -0.2) is 4.98 Å². The van der Waals surface area contributed by atoms with E-state index in [4.69, 9.17) is 0 Å². The number of hydrogen-bond donors (Lipinski definition) is 1. The van der Waals surface area contributed by atoms with Crippen molar-refractivity contribution in [3.05, 3.63) is 75.8 Å². The highest BCUT2D eigenvalue weighted by molar-refractivity contribution is 6.07. The number of carbonyl (C=O) groups excluding carboxylic acids is 1. The highest BCUT2D eigenvalue weighted by atomic mass is 16.6. The minimum absolute atomic E-state index is 0.00991. The number of benzene rings is 2. The van der Waals surface area contributed by atoms with Gasteiger partial charge in [-0.2, -0.15) is 5.10 Å². The van der Waals surface area contributed by atoms with E-state index in [0.717, 1.165) is 37.7 Å². The summed E-state index contributed by atoms with van der Waals surface area (Å²) < 4.78 is 0. The van der Waals surface area contributed by atoms with Crippen LogP contribution in [0, 0.1) is 10.1 Å². The summed E-state index contributed by atoms with van der Waals surface area (Å²) in [4.78, 5) is 29.9. The van der Waals surface area contributed by atoms with Gasteiger partial charge < -0.3 is 4.90 Å². The van der Waals surface area contributed by atoms with Crippen molar-refractivity contribution < 1.29 is 9.72 Å². The largest absolute Gasteiger partial charge is 0.339 e. The molecule has 8 heteroatoms. The maximum Gasteiger partial charge on any atom is 0.269 e. The Kier molecular flexibility index (Phi) is 5.65. The number of amides is 1. The second-order valence-electron chi connectivity index (χ2n) is 7.14. The predicted octanol–water partition coefficient (Wildman–Crippen LogP) is 4.22. The number of nitro groups is 1. The molecule has 0 aliphatic carbocycles. The van der Waals surface area contributed by atoms with Crippen LogP contribution in [-0.2, 0) is 0 Å². The van der Waals surface area contributed by atoms with Gasteiger partial charge >= 0.3 is 0 Å². The Labute approximate surface area is 173 Å². The molecule has 1 aromatic heterocycles. The number of aromatic nitrogens is 1. The van der Waals surface area contributed by atoms with Crippen molar-refractivity contribution in [2.24, 2.45) is 5.10 Å². The molecule has 1 amide bonds. The van der Waals surface area contributed by atoms with E-state index in [1.165, 1.54) is 12.1 Å². The van der Waals surface area contributed by atoms with Crippen LogP contribution in [0.1, 0.15) is 35.2 Å². The standard InChI is InChI=1S/C22H21N5O3/c28-22(26-12-4-1-5-13-26)19-14-21(24-20-7-3-2-6-18(19)20)25-23-15-16-8-10-17(11-9-16)27(29)30/h2-3,6-11,14-15H,1,4-5,12-13H2,(H,24,25)/b23-15+. The van der Waals surface area contributed by atoms with Crippen LogP contribution in [0.25, 0.3) is 10.9 Å². The van der Waals surface area contributed by atoms with Crippen LogP contribution < -0.4 is 5.43 Å². The highest BCUT2D eigenvalue weighted by Crippen LogP contribution is 2.24. The van der Waals surface area contributed by atoms with Gasteiger partial charge in [0.1, 0.15) is 5.82 Å². The highest BCUT2D eigenvalue weighted by Gasteiger charge is 2.21. The third-order valence-electron chi connectivity index (χ3n) is 5.09. The lowest BCUT2D eigenvalue weighted by Crippen LogP contribution is -2.35. The molecular weight excluding hydrogens is 382 g/mol. The second kappa shape index (κ2) is 8.69. The molecular formula is C22H21N5O3. The van der Waals surface area contributed by atoms with Crippen LogP contribution in [0.5, 0.6) is 0 Å². The molecule has 30 heavy (non-hydrogen) atoms. The number of nitrogens with zero attached hydrogens (tertiary/aromatic N) is 4. The first kappa shape index (κ1) is 19.5. The number of pyridine rings is 1. The average molecular weight is 403 g/mol. The summed E-state index contributed by atoms with van der Waals surface area (Å²) in [5.41, 5.74) is 4.93. The first-order chi connectivity index (χ1) is 14.6. The van der Waals surface area contributed by atoms with Crippen LogP contribution in [0.3, 0.4) is 0 Å². The zero-order valence-electron chi connectivity index (χ0n) is 16.3. The number of fused-ring (bicyclic) bond motifs is 1. The smallest absolute Gasteiger partial charge is 0.269 e. The number of para-hydroxylation sites is 1. The van der Waals surface area contributed by atoms with Crippen LogP contribution in [-0.4, -0.2) is 40.0 Å². The van der Waals surface area contributed by atoms with Crippen molar-refractivity contribution in [2.45, 2.75) is 19.3 Å². The fraction of sp³-hybridized carbons (Fsp3) is 0.227. The average Bonchev–Trinajstić information content (AvgIpc) is 2.79. The molecule has 8 nitrogen and oxygen atoms in total. The zero-order valence-corrected chi connectivity index (χ0v) is 16.3. The molecule has 0 atom stereocenters. The summed E-state index contributed by atoms with van der Waals surface area (Å²) in [6.45, 7) is 1.55. The van der Waals surface area contributed by atoms with Gasteiger partial charge in [-0.15, -0.1) is 0 Å². The van der Waals surface area contributed by atoms with Crippen molar-refractivity contribution >= 4 is 34.5 Å². The SMILES string of the molecule is O=C(c1cc(N/N=C/c2ccc([N+](=O)[O-])cc2)nc2ccccc12)N1CCCCC1. The van der Waals surface area contributed by atoms with E-state index in [0.29, 0.717) is 22.5 Å². The van der Waals surface area contributed by atoms with Gasteiger partial charge in [0, 0.05) is 30.6 Å². The van der Waals surface area contributed by atoms with Crippen LogP contribution in [0.15, 0.2) is 59.7 Å². The number of anilines is 1. The molecule has 1 saturated heterocycles. The van der Waals surface area contributed by atoms with E-state index >= 15 is 0 Å². The summed E-state index contributed by atoms with van der Waals surface area (Å²) >= 11 is 0. The minimum atomic E-state index is -0.445. The summed E-state index contributed by atoms with van der Waals surface area (Å²) in [5.74, 6) is 0.475. The van der Waals surface area contributed by atoms with Crippen LogP contribution in [0.4, 0.5) is 11.5 Å². The molecule has 1 fully saturated rings. The van der Waals surface area contributed by atoms with Gasteiger partial charge in [0.05, 0.1) is 22.2 Å². The first-order valence-electron chi connectivity index (χ1n) is 9.84. The summed E-state index contributed by atoms with van der Waals surface area (Å²) in [5, 5.41) is 15.7. The fourth-order valence-electron chi connectivity index (χ4n) is 3.53. The molecule has 0 radical (unpaired) electrons. The number of carbonyl (C=O) groups is 1. The monoisotopic (exact) mass is 403 g/mol. The molecule has 1 N–H and O–H groups in total. The van der Waals surface area contributed by atoms with E-state index in [2.05, 4.69) is 15.5 Å². The van der Waals surface area contributed by atoms with Crippen molar-refractivity contribution in [2.75, 3.05) is 18.5 Å². The number of nitrogens with one attached hydrogen (secondary N) is 1. The number of hydrogen-bond acceptors (Lipinski definition) is 6. The molecule has 2 heterocycles. The Morgan fingerprint density at radius 3 is 2.57 bits per heavy atom. The Bertz CT molecular complexity index is 1110. The minimum Gasteiger partial charge on any atom is -0.339 e. The predicted molar refractivity (Wildman–Crippen MR) is 116 cm³/mol.